The number of hydrogen-bond donors (Lipinski definition) is 1. The molecule has 5 heteroatoms. The first-order valence-corrected chi connectivity index (χ1v) is 8.46. The summed E-state index contributed by atoms with van der Waals surface area (Å²) in [5, 5.41) is 4.65. The largest absolute Gasteiger partial charge is 0.382 e. The molecule has 0 spiro atoms. The molecular weight excluding hydrogens is 344 g/mol. The second-order valence-corrected chi connectivity index (χ2v) is 6.89. The van der Waals surface area contributed by atoms with Gasteiger partial charge in [-0.25, -0.2) is 0 Å². The summed E-state index contributed by atoms with van der Waals surface area (Å²) in [4.78, 5) is 12.2. The zero-order chi connectivity index (χ0) is 15.7. The van der Waals surface area contributed by atoms with Gasteiger partial charge in [0.25, 0.3) is 5.56 Å². The van der Waals surface area contributed by atoms with Gasteiger partial charge in [-0.15, -0.1) is 0 Å². The number of methoxy groups -OCH3 is 1. The van der Waals surface area contributed by atoms with Crippen molar-refractivity contribution in [1.29, 1.82) is 0 Å². The first-order chi connectivity index (χ1) is 10.6. The molecule has 0 radical (unpaired) electrons. The standard InChI is InChI=1S/C17H21BrN2O2/c1-20-16-8-3-11(18)9-14(16)15(10-17(20)21)19-12-4-6-13(22-2)7-5-12/h3,8-10,12-13,19H,4-7H2,1-2H3. The average molecular weight is 365 g/mol. The van der Waals surface area contributed by atoms with Gasteiger partial charge in [-0.05, 0) is 43.9 Å². The molecule has 1 N–H and O–H groups in total. The van der Waals surface area contributed by atoms with Gasteiger partial charge in [-0.1, -0.05) is 15.9 Å². The number of fused-ring (bicyclic) bond motifs is 1. The highest BCUT2D eigenvalue weighted by atomic mass is 79.9. The van der Waals surface area contributed by atoms with Crippen LogP contribution in [0.5, 0.6) is 0 Å². The summed E-state index contributed by atoms with van der Waals surface area (Å²) in [6, 6.07) is 8.12. The molecule has 1 aliphatic carbocycles. The Morgan fingerprint density at radius 1 is 1.23 bits per heavy atom. The molecule has 1 aromatic carbocycles. The van der Waals surface area contributed by atoms with E-state index in [-0.39, 0.29) is 5.56 Å². The molecular formula is C17H21BrN2O2. The number of ether oxygens (including phenoxy) is 1. The molecule has 1 aliphatic rings. The quantitative estimate of drug-likeness (QED) is 0.903. The number of aryl methyl sites for hydroxylation is 1. The third kappa shape index (κ3) is 3.06. The molecule has 1 fully saturated rings. The highest BCUT2D eigenvalue weighted by molar-refractivity contribution is 9.10. The van der Waals surface area contributed by atoms with Gasteiger partial charge < -0.3 is 14.6 Å². The van der Waals surface area contributed by atoms with Gasteiger partial charge >= 0.3 is 0 Å². The van der Waals surface area contributed by atoms with E-state index in [1.807, 2.05) is 19.2 Å². The lowest BCUT2D eigenvalue weighted by molar-refractivity contribution is 0.0682. The molecule has 22 heavy (non-hydrogen) atoms. The monoisotopic (exact) mass is 364 g/mol. The second-order valence-electron chi connectivity index (χ2n) is 5.97. The average Bonchev–Trinajstić information content (AvgIpc) is 2.53. The summed E-state index contributed by atoms with van der Waals surface area (Å²) in [6.45, 7) is 0. The van der Waals surface area contributed by atoms with E-state index in [1.54, 1.807) is 17.7 Å². The Bertz CT molecular complexity index is 733. The molecule has 1 aromatic heterocycles. The fraction of sp³-hybridized carbons (Fsp3) is 0.471. The van der Waals surface area contributed by atoms with Crippen molar-refractivity contribution in [3.8, 4) is 0 Å². The summed E-state index contributed by atoms with van der Waals surface area (Å²) < 4.78 is 8.13. The summed E-state index contributed by atoms with van der Waals surface area (Å²) in [7, 11) is 3.59. The number of aromatic nitrogens is 1. The van der Waals surface area contributed by atoms with Crippen LogP contribution in [-0.2, 0) is 11.8 Å². The molecule has 0 unspecified atom stereocenters. The van der Waals surface area contributed by atoms with Crippen LogP contribution >= 0.6 is 15.9 Å². The Kier molecular flexibility index (Phi) is 4.54. The number of nitrogens with zero attached hydrogens (tertiary/aromatic N) is 1. The van der Waals surface area contributed by atoms with Crippen molar-refractivity contribution < 1.29 is 4.74 Å². The second kappa shape index (κ2) is 6.42. The maximum atomic E-state index is 12.2. The molecule has 1 heterocycles. The van der Waals surface area contributed by atoms with Crippen molar-refractivity contribution >= 4 is 32.5 Å². The van der Waals surface area contributed by atoms with Crippen LogP contribution in [0.25, 0.3) is 10.9 Å². The highest BCUT2D eigenvalue weighted by Crippen LogP contribution is 2.28. The van der Waals surface area contributed by atoms with Crippen LogP contribution in [0.15, 0.2) is 33.5 Å². The minimum atomic E-state index is 0.0166. The van der Waals surface area contributed by atoms with E-state index in [0.717, 1.165) is 46.7 Å². The smallest absolute Gasteiger partial charge is 0.252 e. The van der Waals surface area contributed by atoms with Crippen LogP contribution in [0.2, 0.25) is 0 Å². The Labute approximate surface area is 138 Å². The van der Waals surface area contributed by atoms with Gasteiger partial charge in [-0.3, -0.25) is 4.79 Å². The zero-order valence-electron chi connectivity index (χ0n) is 12.9. The molecule has 0 saturated heterocycles. The van der Waals surface area contributed by atoms with E-state index >= 15 is 0 Å². The lowest BCUT2D eigenvalue weighted by Crippen LogP contribution is -2.30. The van der Waals surface area contributed by atoms with Crippen molar-refractivity contribution in [3.05, 3.63) is 39.1 Å². The van der Waals surface area contributed by atoms with Gasteiger partial charge in [0.05, 0.1) is 11.6 Å². The number of anilines is 1. The molecule has 1 saturated carbocycles. The maximum Gasteiger partial charge on any atom is 0.252 e. The predicted molar refractivity (Wildman–Crippen MR) is 93.6 cm³/mol. The van der Waals surface area contributed by atoms with E-state index < -0.39 is 0 Å². The maximum absolute atomic E-state index is 12.2. The van der Waals surface area contributed by atoms with E-state index in [1.165, 1.54) is 0 Å². The Balaban J connectivity index is 1.92. The first-order valence-electron chi connectivity index (χ1n) is 7.67. The number of pyridine rings is 1. The highest BCUT2D eigenvalue weighted by Gasteiger charge is 2.21. The van der Waals surface area contributed by atoms with Crippen LogP contribution in [0.4, 0.5) is 5.69 Å². The predicted octanol–water partition coefficient (Wildman–Crippen LogP) is 3.67. The van der Waals surface area contributed by atoms with Crippen LogP contribution in [-0.4, -0.2) is 23.8 Å². The molecule has 4 nitrogen and oxygen atoms in total. The van der Waals surface area contributed by atoms with Gasteiger partial charge in [0.2, 0.25) is 0 Å². The van der Waals surface area contributed by atoms with Gasteiger partial charge in [-0.2, -0.15) is 0 Å². The number of nitrogens with one attached hydrogen (secondary N) is 1. The topological polar surface area (TPSA) is 43.3 Å². The van der Waals surface area contributed by atoms with Gasteiger partial charge in [0.15, 0.2) is 0 Å². The first kappa shape index (κ1) is 15.6. The van der Waals surface area contributed by atoms with Crippen LogP contribution in [0.3, 0.4) is 0 Å². The SMILES string of the molecule is COC1CCC(Nc2cc(=O)n(C)c3ccc(Br)cc23)CC1. The Morgan fingerprint density at radius 3 is 2.64 bits per heavy atom. The lowest BCUT2D eigenvalue weighted by atomic mass is 9.92. The van der Waals surface area contributed by atoms with Crippen molar-refractivity contribution in [2.45, 2.75) is 37.8 Å². The van der Waals surface area contributed by atoms with E-state index in [2.05, 4.69) is 27.3 Å². The fourth-order valence-electron chi connectivity index (χ4n) is 3.22. The number of halogens is 1. The van der Waals surface area contributed by atoms with Crippen LogP contribution < -0.4 is 10.9 Å². The summed E-state index contributed by atoms with van der Waals surface area (Å²) in [5.74, 6) is 0. The van der Waals surface area contributed by atoms with E-state index in [0.29, 0.717) is 12.1 Å². The van der Waals surface area contributed by atoms with E-state index in [4.69, 9.17) is 4.74 Å². The zero-order valence-corrected chi connectivity index (χ0v) is 14.5. The van der Waals surface area contributed by atoms with Crippen molar-refractivity contribution in [2.24, 2.45) is 7.05 Å². The van der Waals surface area contributed by atoms with Crippen molar-refractivity contribution in [3.63, 3.8) is 0 Å². The molecule has 2 aromatic rings. The number of rotatable bonds is 3. The molecule has 0 atom stereocenters. The van der Waals surface area contributed by atoms with Gasteiger partial charge in [0.1, 0.15) is 0 Å². The fourth-order valence-corrected chi connectivity index (χ4v) is 3.58. The molecule has 0 amide bonds. The van der Waals surface area contributed by atoms with Crippen LogP contribution in [0, 0.1) is 0 Å². The minimum Gasteiger partial charge on any atom is -0.382 e. The molecule has 118 valence electrons. The molecule has 0 bridgehead atoms. The third-order valence-corrected chi connectivity index (χ3v) is 5.07. The summed E-state index contributed by atoms with van der Waals surface area (Å²) in [5.41, 5.74) is 1.90. The summed E-state index contributed by atoms with van der Waals surface area (Å²) in [6.07, 6.45) is 4.67. The Morgan fingerprint density at radius 2 is 1.95 bits per heavy atom. The number of benzene rings is 1. The third-order valence-electron chi connectivity index (χ3n) is 4.58. The van der Waals surface area contributed by atoms with Crippen molar-refractivity contribution in [1.82, 2.24) is 4.57 Å². The molecule has 0 aliphatic heterocycles. The van der Waals surface area contributed by atoms with Crippen LogP contribution in [0.1, 0.15) is 25.7 Å². The molecule has 3 rings (SSSR count). The summed E-state index contributed by atoms with van der Waals surface area (Å²) >= 11 is 3.52. The van der Waals surface area contributed by atoms with Gasteiger partial charge in [0, 0.05) is 41.8 Å². The number of hydrogen-bond acceptors (Lipinski definition) is 3. The normalized spacial score (nSPS) is 22.0. The lowest BCUT2D eigenvalue weighted by Gasteiger charge is -2.29. The van der Waals surface area contributed by atoms with Crippen molar-refractivity contribution in [2.75, 3.05) is 12.4 Å². The Hall–Kier alpha value is -1.33. The minimum absolute atomic E-state index is 0.0166. The van der Waals surface area contributed by atoms with E-state index in [9.17, 15) is 4.79 Å².